The van der Waals surface area contributed by atoms with Crippen molar-refractivity contribution in [1.82, 2.24) is 4.98 Å². The van der Waals surface area contributed by atoms with Gasteiger partial charge < -0.3 is 4.90 Å². The molecule has 0 bridgehead atoms. The van der Waals surface area contributed by atoms with Crippen LogP contribution in [0.25, 0.3) is 0 Å². The van der Waals surface area contributed by atoms with Crippen LogP contribution in [0.5, 0.6) is 0 Å². The van der Waals surface area contributed by atoms with Crippen molar-refractivity contribution in [3.63, 3.8) is 0 Å². The minimum atomic E-state index is 0.724. The Balaban J connectivity index is 2.56. The third kappa shape index (κ3) is 3.23. The van der Waals surface area contributed by atoms with Crippen LogP contribution < -0.4 is 4.90 Å². The molecule has 1 rings (SSSR count). The zero-order valence-corrected chi connectivity index (χ0v) is 8.67. The summed E-state index contributed by atoms with van der Waals surface area (Å²) in [7, 11) is 0. The molecule has 0 spiro atoms. The second kappa shape index (κ2) is 5.81. The summed E-state index contributed by atoms with van der Waals surface area (Å²) in [5.74, 6) is 0.724. The van der Waals surface area contributed by atoms with Crippen molar-refractivity contribution in [1.29, 1.82) is 0 Å². The standard InChI is InChI=1S/C10H15ClN2/c1-2-13(9-3-6-11)10-4-7-12-8-5-10/h4-5,7-8H,2-3,6,9H2,1H3. The first-order valence-electron chi connectivity index (χ1n) is 4.59. The van der Waals surface area contributed by atoms with Gasteiger partial charge in [0.15, 0.2) is 0 Å². The van der Waals surface area contributed by atoms with Crippen LogP contribution in [0.15, 0.2) is 24.5 Å². The van der Waals surface area contributed by atoms with Crippen LogP contribution in [0.3, 0.4) is 0 Å². The van der Waals surface area contributed by atoms with E-state index in [0.717, 1.165) is 25.4 Å². The number of pyridine rings is 1. The second-order valence-electron chi connectivity index (χ2n) is 2.83. The lowest BCUT2D eigenvalue weighted by Crippen LogP contribution is -2.24. The van der Waals surface area contributed by atoms with Gasteiger partial charge in [-0.25, -0.2) is 0 Å². The van der Waals surface area contributed by atoms with Crippen molar-refractivity contribution in [2.24, 2.45) is 0 Å². The number of aromatic nitrogens is 1. The van der Waals surface area contributed by atoms with E-state index in [1.165, 1.54) is 5.69 Å². The molecule has 0 aliphatic rings. The van der Waals surface area contributed by atoms with Gasteiger partial charge in [0.1, 0.15) is 0 Å². The highest BCUT2D eigenvalue weighted by Gasteiger charge is 2.01. The molecule has 1 heterocycles. The molecular weight excluding hydrogens is 184 g/mol. The van der Waals surface area contributed by atoms with Crippen LogP contribution in [0, 0.1) is 0 Å². The topological polar surface area (TPSA) is 16.1 Å². The molecule has 0 unspecified atom stereocenters. The Labute approximate surface area is 84.5 Å². The maximum Gasteiger partial charge on any atom is 0.0396 e. The molecule has 1 aromatic heterocycles. The number of hydrogen-bond acceptors (Lipinski definition) is 2. The number of rotatable bonds is 5. The van der Waals surface area contributed by atoms with Gasteiger partial charge in [0.25, 0.3) is 0 Å². The van der Waals surface area contributed by atoms with Crippen LogP contribution in [0.2, 0.25) is 0 Å². The average Bonchev–Trinajstić information content (AvgIpc) is 2.21. The SMILES string of the molecule is CCN(CCCCl)c1ccncc1. The van der Waals surface area contributed by atoms with Crippen molar-refractivity contribution in [3.05, 3.63) is 24.5 Å². The lowest BCUT2D eigenvalue weighted by Gasteiger charge is -2.22. The Morgan fingerprint density at radius 1 is 1.38 bits per heavy atom. The molecule has 0 amide bonds. The molecule has 72 valence electrons. The maximum absolute atomic E-state index is 5.65. The molecular formula is C10H15ClN2. The summed E-state index contributed by atoms with van der Waals surface area (Å²) in [6, 6.07) is 4.05. The van der Waals surface area contributed by atoms with E-state index in [1.807, 2.05) is 24.5 Å². The van der Waals surface area contributed by atoms with Crippen molar-refractivity contribution in [2.75, 3.05) is 23.9 Å². The smallest absolute Gasteiger partial charge is 0.0396 e. The molecule has 2 nitrogen and oxygen atoms in total. The number of nitrogens with zero attached hydrogens (tertiary/aromatic N) is 2. The van der Waals surface area contributed by atoms with Gasteiger partial charge in [0, 0.05) is 37.1 Å². The highest BCUT2D eigenvalue weighted by atomic mass is 35.5. The number of hydrogen-bond donors (Lipinski definition) is 0. The molecule has 1 aromatic rings. The highest BCUT2D eigenvalue weighted by Crippen LogP contribution is 2.11. The molecule has 0 radical (unpaired) electrons. The fourth-order valence-electron chi connectivity index (χ4n) is 1.28. The third-order valence-corrected chi connectivity index (χ3v) is 2.24. The van der Waals surface area contributed by atoms with E-state index in [2.05, 4.69) is 16.8 Å². The minimum absolute atomic E-state index is 0.724. The van der Waals surface area contributed by atoms with Gasteiger partial charge >= 0.3 is 0 Å². The fourth-order valence-corrected chi connectivity index (χ4v) is 1.39. The normalized spacial score (nSPS) is 10.0. The van der Waals surface area contributed by atoms with Gasteiger partial charge in [-0.2, -0.15) is 0 Å². The predicted octanol–water partition coefficient (Wildman–Crippen LogP) is 2.54. The second-order valence-corrected chi connectivity index (χ2v) is 3.21. The predicted molar refractivity (Wildman–Crippen MR) is 57.5 cm³/mol. The van der Waals surface area contributed by atoms with Gasteiger partial charge in [-0.3, -0.25) is 4.98 Å². The molecule has 0 aliphatic heterocycles. The van der Waals surface area contributed by atoms with Crippen molar-refractivity contribution >= 4 is 17.3 Å². The molecule has 0 aromatic carbocycles. The summed E-state index contributed by atoms with van der Waals surface area (Å²) >= 11 is 5.65. The van der Waals surface area contributed by atoms with Crippen LogP contribution in [0.4, 0.5) is 5.69 Å². The minimum Gasteiger partial charge on any atom is -0.372 e. The first-order chi connectivity index (χ1) is 6.38. The van der Waals surface area contributed by atoms with E-state index >= 15 is 0 Å². The number of alkyl halides is 1. The molecule has 13 heavy (non-hydrogen) atoms. The van der Waals surface area contributed by atoms with Crippen molar-refractivity contribution in [2.45, 2.75) is 13.3 Å². The van der Waals surface area contributed by atoms with E-state index in [4.69, 9.17) is 11.6 Å². The first kappa shape index (κ1) is 10.3. The lowest BCUT2D eigenvalue weighted by molar-refractivity contribution is 0.794. The Bertz CT molecular complexity index is 226. The lowest BCUT2D eigenvalue weighted by atomic mass is 10.3. The van der Waals surface area contributed by atoms with E-state index in [-0.39, 0.29) is 0 Å². The maximum atomic E-state index is 5.65. The highest BCUT2D eigenvalue weighted by molar-refractivity contribution is 6.17. The summed E-state index contributed by atoms with van der Waals surface area (Å²) in [5.41, 5.74) is 1.22. The molecule has 0 aliphatic carbocycles. The van der Waals surface area contributed by atoms with Crippen LogP contribution in [-0.2, 0) is 0 Å². The summed E-state index contributed by atoms with van der Waals surface area (Å²) < 4.78 is 0. The van der Waals surface area contributed by atoms with Gasteiger partial charge in [-0.05, 0) is 25.5 Å². The zero-order valence-electron chi connectivity index (χ0n) is 7.91. The van der Waals surface area contributed by atoms with Gasteiger partial charge in [-0.1, -0.05) is 0 Å². The van der Waals surface area contributed by atoms with E-state index in [9.17, 15) is 0 Å². The average molecular weight is 199 g/mol. The third-order valence-electron chi connectivity index (χ3n) is 1.97. The summed E-state index contributed by atoms with van der Waals surface area (Å²) in [5, 5.41) is 0. The Hall–Kier alpha value is -0.760. The monoisotopic (exact) mass is 198 g/mol. The van der Waals surface area contributed by atoms with Gasteiger partial charge in [-0.15, -0.1) is 11.6 Å². The fraction of sp³-hybridized carbons (Fsp3) is 0.500. The summed E-state index contributed by atoms with van der Waals surface area (Å²) in [6.07, 6.45) is 4.66. The molecule has 0 fully saturated rings. The van der Waals surface area contributed by atoms with Crippen molar-refractivity contribution < 1.29 is 0 Å². The molecule has 0 saturated carbocycles. The molecule has 3 heteroatoms. The van der Waals surface area contributed by atoms with E-state index < -0.39 is 0 Å². The number of halogens is 1. The van der Waals surface area contributed by atoms with Crippen LogP contribution in [0.1, 0.15) is 13.3 Å². The molecule has 0 atom stereocenters. The Kier molecular flexibility index (Phi) is 4.61. The molecule has 0 N–H and O–H groups in total. The first-order valence-corrected chi connectivity index (χ1v) is 5.13. The zero-order chi connectivity index (χ0) is 9.52. The van der Waals surface area contributed by atoms with E-state index in [1.54, 1.807) is 0 Å². The van der Waals surface area contributed by atoms with Gasteiger partial charge in [0.05, 0.1) is 0 Å². The molecule has 0 saturated heterocycles. The summed E-state index contributed by atoms with van der Waals surface area (Å²) in [6.45, 7) is 4.18. The Morgan fingerprint density at radius 2 is 2.08 bits per heavy atom. The van der Waals surface area contributed by atoms with E-state index in [0.29, 0.717) is 0 Å². The quantitative estimate of drug-likeness (QED) is 0.676. The Morgan fingerprint density at radius 3 is 2.62 bits per heavy atom. The van der Waals surface area contributed by atoms with Crippen LogP contribution >= 0.6 is 11.6 Å². The van der Waals surface area contributed by atoms with Gasteiger partial charge in [0.2, 0.25) is 0 Å². The summed E-state index contributed by atoms with van der Waals surface area (Å²) in [4.78, 5) is 6.29. The van der Waals surface area contributed by atoms with Crippen molar-refractivity contribution in [3.8, 4) is 0 Å². The van der Waals surface area contributed by atoms with Crippen LogP contribution in [-0.4, -0.2) is 24.0 Å². The largest absolute Gasteiger partial charge is 0.372 e. The number of anilines is 1.